The van der Waals surface area contributed by atoms with E-state index in [-0.39, 0.29) is 84.4 Å². The third kappa shape index (κ3) is 9.10. The van der Waals surface area contributed by atoms with Crippen LogP contribution in [0.15, 0.2) is 124 Å². The summed E-state index contributed by atoms with van der Waals surface area (Å²) in [7, 11) is 1.52. The highest BCUT2D eigenvalue weighted by atomic mass is 16.6. The van der Waals surface area contributed by atoms with Crippen LogP contribution in [0.1, 0.15) is 176 Å². The molecule has 0 saturated heterocycles. The number of carbonyl (C=O) groups is 2. The third-order valence-corrected chi connectivity index (χ3v) is 21.2. The van der Waals surface area contributed by atoms with Gasteiger partial charge in [0.2, 0.25) is 0 Å². The Bertz CT molecular complexity index is 3370. The number of hydrogen-bond acceptors (Lipinski definition) is 11. The van der Waals surface area contributed by atoms with Crippen molar-refractivity contribution >= 4 is 22.9 Å². The summed E-state index contributed by atoms with van der Waals surface area (Å²) in [4.78, 5) is 45.6. The van der Waals surface area contributed by atoms with E-state index in [0.717, 1.165) is 56.1 Å². The summed E-state index contributed by atoms with van der Waals surface area (Å²) in [5.41, 5.74) is 9.25. The largest absolute Gasteiger partial charge is 0.482 e. The van der Waals surface area contributed by atoms with Crippen LogP contribution in [0.25, 0.3) is 11.0 Å². The number of hydrogen-bond donors (Lipinski definition) is 3. The van der Waals surface area contributed by atoms with E-state index in [0.29, 0.717) is 65.4 Å². The molecular weight excluding hydrogens is 1020 g/mol. The number of allylic oxidation sites excluding steroid dienone is 3. The molecule has 0 unspecified atom stereocenters. The number of aliphatic hydroxyl groups excluding tert-OH is 3. The Morgan fingerprint density at radius 2 is 1.59 bits per heavy atom. The number of ether oxygens (including phenoxy) is 4. The summed E-state index contributed by atoms with van der Waals surface area (Å²) in [6, 6.07) is 28.5. The molecule has 4 aromatic carbocycles. The highest BCUT2D eigenvalue weighted by Gasteiger charge is 2.61. The van der Waals surface area contributed by atoms with Crippen molar-refractivity contribution in [2.45, 2.75) is 164 Å². The van der Waals surface area contributed by atoms with Crippen molar-refractivity contribution in [3.63, 3.8) is 0 Å². The van der Waals surface area contributed by atoms with Gasteiger partial charge < -0.3 is 38.7 Å². The molecule has 6 aliphatic carbocycles. The van der Waals surface area contributed by atoms with Crippen molar-refractivity contribution in [2.75, 3.05) is 26.9 Å². The lowest BCUT2D eigenvalue weighted by Crippen LogP contribution is -2.62. The number of fused-ring (bicyclic) bond motifs is 15. The van der Waals surface area contributed by atoms with Crippen LogP contribution >= 0.6 is 0 Å². The minimum atomic E-state index is -1.32. The van der Waals surface area contributed by atoms with Gasteiger partial charge in [-0.05, 0) is 170 Å². The number of aryl methyl sites for hydroxylation is 2. The molecule has 0 amide bonds. The van der Waals surface area contributed by atoms with Crippen LogP contribution in [0.3, 0.4) is 0 Å². The average molecular weight is 1100 g/mol. The van der Waals surface area contributed by atoms with E-state index in [1.807, 2.05) is 6.07 Å². The Kier molecular flexibility index (Phi) is 14.9. The maximum absolute atomic E-state index is 15.8. The van der Waals surface area contributed by atoms with Gasteiger partial charge >= 0.3 is 17.6 Å². The predicted molar refractivity (Wildman–Crippen MR) is 309 cm³/mol. The molecule has 2 bridgehead atoms. The minimum Gasteiger partial charge on any atom is -0.482 e. The highest BCUT2D eigenvalue weighted by Crippen LogP contribution is 2.62. The van der Waals surface area contributed by atoms with E-state index in [4.69, 9.17) is 23.4 Å². The van der Waals surface area contributed by atoms with Gasteiger partial charge in [0.25, 0.3) is 0 Å². The van der Waals surface area contributed by atoms with E-state index in [1.165, 1.54) is 55.0 Å². The second kappa shape index (κ2) is 22.2. The van der Waals surface area contributed by atoms with E-state index in [1.54, 1.807) is 18.6 Å². The summed E-state index contributed by atoms with van der Waals surface area (Å²) in [6.07, 6.45) is 20.7. The molecule has 424 valence electrons. The summed E-state index contributed by atoms with van der Waals surface area (Å²) >= 11 is 0. The van der Waals surface area contributed by atoms with Gasteiger partial charge in [0.05, 0.1) is 25.4 Å². The average Bonchev–Trinajstić information content (AvgIpc) is 2.61. The number of rotatable bonds is 8. The summed E-state index contributed by atoms with van der Waals surface area (Å²) < 4.78 is 33.5. The van der Waals surface area contributed by atoms with Gasteiger partial charge in [0.1, 0.15) is 11.3 Å². The fourth-order valence-electron chi connectivity index (χ4n) is 17.6. The molecule has 11 heteroatoms. The zero-order chi connectivity index (χ0) is 55.6. The first-order valence-electron chi connectivity index (χ1n) is 30.5. The minimum absolute atomic E-state index is 0.00448. The number of carbonyl (C=O) groups excluding carboxylic acids is 2. The van der Waals surface area contributed by atoms with E-state index in [2.05, 4.69) is 91.0 Å². The van der Waals surface area contributed by atoms with Gasteiger partial charge in [-0.3, -0.25) is 4.79 Å². The molecule has 3 aliphatic heterocycles. The van der Waals surface area contributed by atoms with E-state index in [9.17, 15) is 20.1 Å². The van der Waals surface area contributed by atoms with Gasteiger partial charge in [-0.15, -0.1) is 0 Å². The van der Waals surface area contributed by atoms with Crippen molar-refractivity contribution in [2.24, 2.45) is 29.6 Å². The zero-order valence-electron chi connectivity index (χ0n) is 47.0. The Hall–Kier alpha value is -6.11. The summed E-state index contributed by atoms with van der Waals surface area (Å²) in [5.74, 6) is -0.437. The second-order valence-corrected chi connectivity index (χ2v) is 25.1. The van der Waals surface area contributed by atoms with Crippen LogP contribution in [-0.2, 0) is 55.1 Å². The van der Waals surface area contributed by atoms with Crippen molar-refractivity contribution in [1.29, 1.82) is 0 Å². The number of methoxy groups -OCH3 is 1. The first-order valence-corrected chi connectivity index (χ1v) is 30.5. The molecule has 12 atom stereocenters. The van der Waals surface area contributed by atoms with Crippen LogP contribution in [0.4, 0.5) is 0 Å². The summed E-state index contributed by atoms with van der Waals surface area (Å²) in [6.45, 7) is 0.734. The zero-order valence-corrected chi connectivity index (χ0v) is 47.0. The van der Waals surface area contributed by atoms with Crippen molar-refractivity contribution in [3.05, 3.63) is 180 Å². The lowest BCUT2D eigenvalue weighted by Gasteiger charge is -2.57. The molecule has 1 aromatic heterocycles. The lowest BCUT2D eigenvalue weighted by atomic mass is 9.46. The fourth-order valence-corrected chi connectivity index (χ4v) is 17.6. The number of aliphatic hydroxyl groups is 3. The van der Waals surface area contributed by atoms with Crippen molar-refractivity contribution in [3.8, 4) is 5.75 Å². The van der Waals surface area contributed by atoms with Crippen molar-refractivity contribution < 1.29 is 48.3 Å². The van der Waals surface area contributed by atoms with E-state index < -0.39 is 47.9 Å². The quantitative estimate of drug-likeness (QED) is 0.0587. The van der Waals surface area contributed by atoms with Gasteiger partial charge in [-0.2, -0.15) is 0 Å². The Morgan fingerprint density at radius 3 is 2.40 bits per heavy atom. The van der Waals surface area contributed by atoms with Crippen LogP contribution in [-0.4, -0.2) is 65.9 Å². The molecule has 0 radical (unpaired) electrons. The number of benzene rings is 4. The Balaban J connectivity index is 0.956. The summed E-state index contributed by atoms with van der Waals surface area (Å²) in [5, 5.41) is 32.4. The highest BCUT2D eigenvalue weighted by molar-refractivity contribution is 5.90. The van der Waals surface area contributed by atoms with Gasteiger partial charge in [-0.1, -0.05) is 110 Å². The van der Waals surface area contributed by atoms with Gasteiger partial charge in [0.15, 0.2) is 17.8 Å². The number of esters is 2. The lowest BCUT2D eigenvalue weighted by molar-refractivity contribution is -0.208. The van der Waals surface area contributed by atoms with Crippen LogP contribution < -0.4 is 10.4 Å². The molecule has 2 fully saturated rings. The fraction of sp³-hybridized carbons (Fsp3) is 0.500. The Labute approximate surface area is 475 Å². The normalized spacial score (nSPS) is 31.4. The van der Waals surface area contributed by atoms with E-state index >= 15 is 9.59 Å². The van der Waals surface area contributed by atoms with Crippen LogP contribution in [0.5, 0.6) is 5.75 Å². The predicted octanol–water partition coefficient (Wildman–Crippen LogP) is 12.2. The molecule has 3 N–H and O–H groups in total. The van der Waals surface area contributed by atoms with Gasteiger partial charge in [-0.25, -0.2) is 9.59 Å². The molecule has 81 heavy (non-hydrogen) atoms. The maximum atomic E-state index is 15.8. The SMILES string of the molecule is COC[C@@H](CCO)c1c(CO)c2ccc3c(c2oc1=O)[C@H]1OC(=O)C[C@H]2C[C@@H](c4cccc5c4CC[C@@H]4CCC[C@H]6CCc7ccccc7[C@]564)C=C[C@H]2c2ccc(cc2)CC/C(=C(\C)CO)C(=O)O[C@@H]1[C@@]1(CC=C[C@@H]2CCCC[C@H]21)O3. The maximum Gasteiger partial charge on any atom is 0.340 e. The Morgan fingerprint density at radius 1 is 0.790 bits per heavy atom. The van der Waals surface area contributed by atoms with Crippen LogP contribution in [0.2, 0.25) is 0 Å². The first kappa shape index (κ1) is 54.2. The second-order valence-electron chi connectivity index (χ2n) is 25.1. The van der Waals surface area contributed by atoms with Gasteiger partial charge in [0, 0.05) is 72.2 Å². The molecule has 4 heterocycles. The molecule has 9 aliphatic rings. The molecule has 2 spiro atoms. The molecule has 5 aromatic rings. The molecule has 14 rings (SSSR count). The van der Waals surface area contributed by atoms with Crippen molar-refractivity contribution in [1.82, 2.24) is 0 Å². The topological polar surface area (TPSA) is 162 Å². The molecule has 11 nitrogen and oxygen atoms in total. The third-order valence-electron chi connectivity index (χ3n) is 21.2. The first-order chi connectivity index (χ1) is 39.6. The van der Waals surface area contributed by atoms with Crippen LogP contribution in [0, 0.1) is 29.6 Å². The smallest absolute Gasteiger partial charge is 0.340 e. The molecular formula is C70H78O11. The standard InChI is InChI=1S/C70H78O11/c1-41(38-72)51-28-21-42-19-22-43(23-20-42)52-29-25-46(53-15-8-18-59-54(53)30-27-50-14-7-13-49-26-24-45-11-4-6-17-58(45)70(49,50)59)36-48(52)37-61(74)78-65-63-60(81-69(66(65)80-67(51)75)34-9-12-44-10-3-5-16-57(44)69)32-31-55-56(39-73)62(68(76)79-64(55)63)47(33-35-71)40-77-2/h4,6,8-9,11-12,15,17-20,22-23,25,29,31-32,44,46-50,52,57,65-66,71-73H,3,5,7,10,13-14,16,21,24,26-28,30,33-40H2,1-2H3/b51-41-/t44-,46-,47+,48+,49-,50-,52-,57+,65+,66-,69-,70-/m0/s1. The molecule has 2 saturated carbocycles. The monoisotopic (exact) mass is 1090 g/mol.